The molecule has 0 saturated heterocycles. The minimum Gasteiger partial charge on any atom is -0.441 e. The lowest BCUT2D eigenvalue weighted by atomic mass is 10.1. The Bertz CT molecular complexity index is 1050. The Morgan fingerprint density at radius 1 is 1.16 bits per heavy atom. The fourth-order valence-electron chi connectivity index (χ4n) is 2.31. The Hall–Kier alpha value is -2.38. The van der Waals surface area contributed by atoms with Crippen LogP contribution in [-0.4, -0.2) is 13.4 Å². The molecular weight excluding hydrogens is 367 g/mol. The van der Waals surface area contributed by atoms with E-state index in [0.29, 0.717) is 22.8 Å². The monoisotopic (exact) mass is 380 g/mol. The lowest BCUT2D eigenvalue weighted by Gasteiger charge is -2.12. The van der Waals surface area contributed by atoms with Gasteiger partial charge in [0.2, 0.25) is 0 Å². The Kier molecular flexibility index (Phi) is 4.53. The third-order valence-electron chi connectivity index (χ3n) is 3.56. The predicted octanol–water partition coefficient (Wildman–Crippen LogP) is 4.55. The topological polar surface area (TPSA) is 72.2 Å². The van der Waals surface area contributed by atoms with Crippen LogP contribution < -0.4 is 4.72 Å². The van der Waals surface area contributed by atoms with Gasteiger partial charge in [-0.05, 0) is 36.8 Å². The van der Waals surface area contributed by atoms with Gasteiger partial charge >= 0.3 is 0 Å². The largest absolute Gasteiger partial charge is 0.441 e. The van der Waals surface area contributed by atoms with E-state index < -0.39 is 15.8 Å². The minimum absolute atomic E-state index is 0.0829. The van der Waals surface area contributed by atoms with Crippen molar-refractivity contribution >= 4 is 27.3 Å². The Labute approximate surface area is 149 Å². The highest BCUT2D eigenvalue weighted by atomic mass is 35.5. The van der Waals surface area contributed by atoms with Gasteiger partial charge in [-0.1, -0.05) is 23.7 Å². The zero-order valence-corrected chi connectivity index (χ0v) is 15.0. The molecule has 0 spiro atoms. The van der Waals surface area contributed by atoms with E-state index in [-0.39, 0.29) is 15.6 Å². The molecule has 1 heterocycles. The Balaban J connectivity index is 2.00. The number of oxazole rings is 1. The number of anilines is 1. The summed E-state index contributed by atoms with van der Waals surface area (Å²) in [7, 11) is -3.89. The summed E-state index contributed by atoms with van der Waals surface area (Å²) < 4.78 is 46.5. The zero-order chi connectivity index (χ0) is 18.2. The van der Waals surface area contributed by atoms with Crippen LogP contribution in [0.3, 0.4) is 0 Å². The van der Waals surface area contributed by atoms with Crippen molar-refractivity contribution < 1.29 is 17.2 Å². The molecule has 3 aromatic rings. The zero-order valence-electron chi connectivity index (χ0n) is 13.4. The van der Waals surface area contributed by atoms with E-state index in [1.165, 1.54) is 24.4 Å². The molecule has 0 atom stereocenters. The van der Waals surface area contributed by atoms with Crippen molar-refractivity contribution in [1.82, 2.24) is 4.98 Å². The lowest BCUT2D eigenvalue weighted by molar-refractivity contribution is 0.534. The SMILES string of the molecule is Cc1ncc(-c2ccc(C)c(S(=O)(=O)Nc3ccc(F)c(Cl)c3)c2)o1. The van der Waals surface area contributed by atoms with Gasteiger partial charge in [0.15, 0.2) is 11.7 Å². The van der Waals surface area contributed by atoms with Crippen LogP contribution in [0.25, 0.3) is 11.3 Å². The third kappa shape index (κ3) is 3.67. The van der Waals surface area contributed by atoms with Gasteiger partial charge in [0, 0.05) is 12.5 Å². The van der Waals surface area contributed by atoms with Gasteiger partial charge in [0.05, 0.1) is 21.8 Å². The molecule has 0 fully saturated rings. The number of benzene rings is 2. The third-order valence-corrected chi connectivity index (χ3v) is 5.37. The number of hydrogen-bond donors (Lipinski definition) is 1. The van der Waals surface area contributed by atoms with E-state index in [4.69, 9.17) is 16.0 Å². The van der Waals surface area contributed by atoms with Gasteiger partial charge < -0.3 is 4.42 Å². The van der Waals surface area contributed by atoms with Crippen molar-refractivity contribution in [3.8, 4) is 11.3 Å². The molecule has 8 heteroatoms. The van der Waals surface area contributed by atoms with Gasteiger partial charge in [-0.3, -0.25) is 4.72 Å². The molecule has 1 N–H and O–H groups in total. The first-order chi connectivity index (χ1) is 11.8. The number of aryl methyl sites for hydroxylation is 2. The summed E-state index contributed by atoms with van der Waals surface area (Å²) in [6.45, 7) is 3.39. The smallest absolute Gasteiger partial charge is 0.262 e. The molecule has 130 valence electrons. The normalized spacial score (nSPS) is 11.5. The molecule has 0 aliphatic heterocycles. The average Bonchev–Trinajstić information content (AvgIpc) is 2.97. The average molecular weight is 381 g/mol. The summed E-state index contributed by atoms with van der Waals surface area (Å²) in [5.41, 5.74) is 1.32. The van der Waals surface area contributed by atoms with Gasteiger partial charge in [-0.25, -0.2) is 17.8 Å². The van der Waals surface area contributed by atoms with Crippen molar-refractivity contribution in [3.63, 3.8) is 0 Å². The number of nitrogens with zero attached hydrogens (tertiary/aromatic N) is 1. The number of halogens is 2. The molecule has 0 amide bonds. The molecule has 0 radical (unpaired) electrons. The number of nitrogens with one attached hydrogen (secondary N) is 1. The quantitative estimate of drug-likeness (QED) is 0.720. The fraction of sp³-hybridized carbons (Fsp3) is 0.118. The van der Waals surface area contributed by atoms with E-state index in [2.05, 4.69) is 9.71 Å². The highest BCUT2D eigenvalue weighted by Gasteiger charge is 2.19. The van der Waals surface area contributed by atoms with Crippen LogP contribution in [0.15, 0.2) is 51.9 Å². The molecule has 1 aromatic heterocycles. The molecule has 0 aliphatic rings. The number of hydrogen-bond acceptors (Lipinski definition) is 4. The molecule has 0 saturated carbocycles. The Morgan fingerprint density at radius 3 is 2.56 bits per heavy atom. The van der Waals surface area contributed by atoms with Crippen LogP contribution in [0.2, 0.25) is 5.02 Å². The van der Waals surface area contributed by atoms with Crippen LogP contribution in [0.4, 0.5) is 10.1 Å². The Morgan fingerprint density at radius 2 is 1.92 bits per heavy atom. The van der Waals surface area contributed by atoms with E-state index in [1.54, 1.807) is 26.0 Å². The predicted molar refractivity (Wildman–Crippen MR) is 93.6 cm³/mol. The first-order valence-corrected chi connectivity index (χ1v) is 9.14. The van der Waals surface area contributed by atoms with Crippen molar-refractivity contribution in [3.05, 3.63) is 64.9 Å². The molecule has 3 rings (SSSR count). The number of rotatable bonds is 4. The van der Waals surface area contributed by atoms with Gasteiger partial charge in [0.25, 0.3) is 10.0 Å². The maximum absolute atomic E-state index is 13.2. The molecular formula is C17H14ClFN2O3S. The van der Waals surface area contributed by atoms with Crippen molar-refractivity contribution in [1.29, 1.82) is 0 Å². The second-order valence-electron chi connectivity index (χ2n) is 5.46. The minimum atomic E-state index is -3.89. The second-order valence-corrected chi connectivity index (χ2v) is 7.52. The fourth-order valence-corrected chi connectivity index (χ4v) is 3.81. The van der Waals surface area contributed by atoms with Crippen LogP contribution >= 0.6 is 11.6 Å². The highest BCUT2D eigenvalue weighted by Crippen LogP contribution is 2.28. The number of aromatic nitrogens is 1. The molecule has 0 unspecified atom stereocenters. The maximum Gasteiger partial charge on any atom is 0.262 e. The highest BCUT2D eigenvalue weighted by molar-refractivity contribution is 7.92. The van der Waals surface area contributed by atoms with Crippen molar-refractivity contribution in [2.45, 2.75) is 18.7 Å². The standard InChI is InChI=1S/C17H14ClFN2O3S/c1-10-3-4-12(16-9-20-11(2)24-16)7-17(10)25(22,23)21-13-5-6-15(19)14(18)8-13/h3-9,21H,1-2H3. The van der Waals surface area contributed by atoms with Gasteiger partial charge in [-0.2, -0.15) is 0 Å². The maximum atomic E-state index is 13.2. The number of sulfonamides is 1. The van der Waals surface area contributed by atoms with Crippen molar-refractivity contribution in [2.75, 3.05) is 4.72 Å². The molecule has 0 aliphatic carbocycles. The summed E-state index contributed by atoms with van der Waals surface area (Å²) in [6, 6.07) is 8.55. The van der Waals surface area contributed by atoms with E-state index in [0.717, 1.165) is 6.07 Å². The summed E-state index contributed by atoms with van der Waals surface area (Å²) in [5, 5.41) is -0.164. The molecule has 5 nitrogen and oxygen atoms in total. The van der Waals surface area contributed by atoms with Crippen LogP contribution in [-0.2, 0) is 10.0 Å². The molecule has 0 bridgehead atoms. The van der Waals surface area contributed by atoms with Crippen LogP contribution in [0.5, 0.6) is 0 Å². The molecule has 25 heavy (non-hydrogen) atoms. The lowest BCUT2D eigenvalue weighted by Crippen LogP contribution is -2.14. The van der Waals surface area contributed by atoms with E-state index in [1.807, 2.05) is 0 Å². The summed E-state index contributed by atoms with van der Waals surface area (Å²) >= 11 is 5.70. The summed E-state index contributed by atoms with van der Waals surface area (Å²) in [5.74, 6) is 0.335. The first kappa shape index (κ1) is 17.4. The van der Waals surface area contributed by atoms with Gasteiger partial charge in [-0.15, -0.1) is 0 Å². The molecule has 2 aromatic carbocycles. The summed E-state index contributed by atoms with van der Waals surface area (Å²) in [4.78, 5) is 4.09. The van der Waals surface area contributed by atoms with Crippen molar-refractivity contribution in [2.24, 2.45) is 0 Å². The van der Waals surface area contributed by atoms with Gasteiger partial charge in [0.1, 0.15) is 5.82 Å². The second kappa shape index (κ2) is 6.50. The van der Waals surface area contributed by atoms with E-state index in [9.17, 15) is 12.8 Å². The summed E-state index contributed by atoms with van der Waals surface area (Å²) in [6.07, 6.45) is 1.53. The van der Waals surface area contributed by atoms with Crippen LogP contribution in [0, 0.1) is 19.7 Å². The first-order valence-electron chi connectivity index (χ1n) is 7.27. The van der Waals surface area contributed by atoms with Crippen LogP contribution in [0.1, 0.15) is 11.5 Å². The van der Waals surface area contributed by atoms with E-state index >= 15 is 0 Å².